The number of amides is 1. The zero-order valence-corrected chi connectivity index (χ0v) is 13.0. The first-order valence-electron chi connectivity index (χ1n) is 5.88. The number of aryl methyl sites for hydroxylation is 2. The number of rotatable bonds is 2. The van der Waals surface area contributed by atoms with Gasteiger partial charge in [0.25, 0.3) is 5.91 Å². The van der Waals surface area contributed by atoms with Gasteiger partial charge in [0, 0.05) is 14.9 Å². The lowest BCUT2D eigenvalue weighted by Gasteiger charge is -2.03. The van der Waals surface area contributed by atoms with Crippen LogP contribution in [0.3, 0.4) is 0 Å². The minimum Gasteiger partial charge on any atom is -0.298 e. The number of nitrogens with zero attached hydrogens (tertiary/aromatic N) is 1. The average Bonchev–Trinajstić information content (AvgIpc) is 2.93. The molecule has 0 bridgehead atoms. The Labute approximate surface area is 128 Å². The molecule has 0 radical (unpaired) electrons. The van der Waals surface area contributed by atoms with Crippen molar-refractivity contribution >= 4 is 49.9 Å². The first-order valence-corrected chi connectivity index (χ1v) is 7.87. The average molecular weight is 358 g/mol. The lowest BCUT2D eigenvalue weighted by molar-refractivity contribution is 0.102. The fourth-order valence-electron chi connectivity index (χ4n) is 2.05. The number of hydrogen-bond donors (Lipinski definition) is 1. The van der Waals surface area contributed by atoms with Gasteiger partial charge in [0.1, 0.15) is 0 Å². The third-order valence-corrected chi connectivity index (χ3v) is 5.30. The van der Waals surface area contributed by atoms with Crippen LogP contribution in [0, 0.1) is 0 Å². The molecule has 1 amide bonds. The lowest BCUT2D eigenvalue weighted by atomic mass is 10.2. The van der Waals surface area contributed by atoms with Crippen molar-refractivity contribution < 1.29 is 4.79 Å². The van der Waals surface area contributed by atoms with E-state index in [1.165, 1.54) is 11.3 Å². The van der Waals surface area contributed by atoms with Crippen LogP contribution in [0.5, 0.6) is 0 Å². The van der Waals surface area contributed by atoms with E-state index in [0.29, 0.717) is 15.7 Å². The molecule has 0 atom stereocenters. The molecule has 3 nitrogen and oxygen atoms in total. The second kappa shape index (κ2) is 5.23. The molecule has 0 spiro atoms. The third kappa shape index (κ3) is 2.68. The fraction of sp³-hybridized carbons (Fsp3) is 0.231. The molecule has 1 aromatic carbocycles. The minimum absolute atomic E-state index is 0.179. The molecule has 1 N–H and O–H groups in total. The second-order valence-electron chi connectivity index (χ2n) is 4.33. The number of aromatic nitrogens is 1. The van der Waals surface area contributed by atoms with E-state index in [1.54, 1.807) is 29.5 Å². The van der Waals surface area contributed by atoms with E-state index in [0.717, 1.165) is 23.0 Å². The SMILES string of the molecule is O=C(Nc1nc2c(s1)CCC2)c1ccc(Br)c(Cl)c1. The molecule has 6 heteroatoms. The Morgan fingerprint density at radius 2 is 2.26 bits per heavy atom. The highest BCUT2D eigenvalue weighted by Crippen LogP contribution is 2.31. The summed E-state index contributed by atoms with van der Waals surface area (Å²) in [6, 6.07) is 5.13. The standard InChI is InChI=1S/C13H10BrClN2OS/c14-8-5-4-7(6-9(8)15)12(18)17-13-16-10-2-1-3-11(10)19-13/h4-6H,1-3H2,(H,16,17,18). The van der Waals surface area contributed by atoms with Crippen LogP contribution >= 0.6 is 38.9 Å². The maximum atomic E-state index is 12.1. The van der Waals surface area contributed by atoms with E-state index >= 15 is 0 Å². The van der Waals surface area contributed by atoms with Gasteiger partial charge in [-0.05, 0) is 53.4 Å². The molecule has 1 heterocycles. The Balaban J connectivity index is 1.78. The number of thiazole rings is 1. The van der Waals surface area contributed by atoms with E-state index < -0.39 is 0 Å². The number of benzene rings is 1. The normalized spacial score (nSPS) is 13.4. The number of halogens is 2. The van der Waals surface area contributed by atoms with Gasteiger partial charge >= 0.3 is 0 Å². The lowest BCUT2D eigenvalue weighted by Crippen LogP contribution is -2.11. The van der Waals surface area contributed by atoms with Crippen LogP contribution in [0.1, 0.15) is 27.3 Å². The van der Waals surface area contributed by atoms with Crippen LogP contribution in [-0.2, 0) is 12.8 Å². The van der Waals surface area contributed by atoms with Crippen LogP contribution in [0.25, 0.3) is 0 Å². The fourth-order valence-corrected chi connectivity index (χ4v) is 3.52. The molecule has 1 aromatic heterocycles. The summed E-state index contributed by atoms with van der Waals surface area (Å²) in [5, 5.41) is 4.03. The monoisotopic (exact) mass is 356 g/mol. The number of nitrogens with one attached hydrogen (secondary N) is 1. The van der Waals surface area contributed by atoms with Gasteiger partial charge in [0.2, 0.25) is 0 Å². The van der Waals surface area contributed by atoms with Crippen molar-refractivity contribution in [3.8, 4) is 0 Å². The summed E-state index contributed by atoms with van der Waals surface area (Å²) >= 11 is 10.9. The van der Waals surface area contributed by atoms with Crippen molar-refractivity contribution in [3.63, 3.8) is 0 Å². The highest BCUT2D eigenvalue weighted by molar-refractivity contribution is 9.10. The summed E-state index contributed by atoms with van der Waals surface area (Å²) in [5.74, 6) is -0.179. The Hall–Kier alpha value is -0.910. The summed E-state index contributed by atoms with van der Waals surface area (Å²) in [5.41, 5.74) is 1.66. The van der Waals surface area contributed by atoms with Crippen LogP contribution in [0.15, 0.2) is 22.7 Å². The van der Waals surface area contributed by atoms with Crippen LogP contribution in [0.4, 0.5) is 5.13 Å². The van der Waals surface area contributed by atoms with Crippen molar-refractivity contribution in [2.75, 3.05) is 5.32 Å². The summed E-state index contributed by atoms with van der Waals surface area (Å²) in [4.78, 5) is 17.8. The summed E-state index contributed by atoms with van der Waals surface area (Å²) in [7, 11) is 0. The summed E-state index contributed by atoms with van der Waals surface area (Å²) in [6.45, 7) is 0. The van der Waals surface area contributed by atoms with Crippen molar-refractivity contribution in [2.45, 2.75) is 19.3 Å². The molecule has 1 aliphatic rings. The van der Waals surface area contributed by atoms with Gasteiger partial charge in [0.15, 0.2) is 5.13 Å². The van der Waals surface area contributed by atoms with Gasteiger partial charge in [-0.2, -0.15) is 0 Å². The predicted molar refractivity (Wildman–Crippen MR) is 81.2 cm³/mol. The predicted octanol–water partition coefficient (Wildman–Crippen LogP) is 4.30. The highest BCUT2D eigenvalue weighted by Gasteiger charge is 2.18. The molecule has 19 heavy (non-hydrogen) atoms. The van der Waals surface area contributed by atoms with Crippen LogP contribution in [0.2, 0.25) is 5.02 Å². The Morgan fingerprint density at radius 3 is 3.00 bits per heavy atom. The third-order valence-electron chi connectivity index (χ3n) is 3.00. The minimum atomic E-state index is -0.179. The van der Waals surface area contributed by atoms with E-state index in [9.17, 15) is 4.79 Å². The van der Waals surface area contributed by atoms with Crippen molar-refractivity contribution in [1.29, 1.82) is 0 Å². The molecular weight excluding hydrogens is 348 g/mol. The van der Waals surface area contributed by atoms with E-state index in [4.69, 9.17) is 11.6 Å². The molecule has 0 unspecified atom stereocenters. The molecule has 0 aliphatic heterocycles. The topological polar surface area (TPSA) is 42.0 Å². The Bertz CT molecular complexity index is 635. The first kappa shape index (κ1) is 13.1. The largest absolute Gasteiger partial charge is 0.298 e. The molecule has 0 saturated carbocycles. The van der Waals surface area contributed by atoms with Crippen molar-refractivity contribution in [1.82, 2.24) is 4.98 Å². The van der Waals surface area contributed by atoms with Crippen LogP contribution in [-0.4, -0.2) is 10.9 Å². The highest BCUT2D eigenvalue weighted by atomic mass is 79.9. The van der Waals surface area contributed by atoms with Gasteiger partial charge in [-0.3, -0.25) is 10.1 Å². The molecular formula is C13H10BrClN2OS. The van der Waals surface area contributed by atoms with Crippen molar-refractivity contribution in [2.24, 2.45) is 0 Å². The zero-order valence-electron chi connectivity index (χ0n) is 9.87. The number of hydrogen-bond acceptors (Lipinski definition) is 3. The van der Waals surface area contributed by atoms with Crippen LogP contribution < -0.4 is 5.32 Å². The number of anilines is 1. The molecule has 98 valence electrons. The van der Waals surface area contributed by atoms with E-state index in [2.05, 4.69) is 26.2 Å². The van der Waals surface area contributed by atoms with Gasteiger partial charge in [-0.15, -0.1) is 11.3 Å². The van der Waals surface area contributed by atoms with Gasteiger partial charge < -0.3 is 0 Å². The van der Waals surface area contributed by atoms with Gasteiger partial charge in [-0.25, -0.2) is 4.98 Å². The number of carbonyl (C=O) groups is 1. The first-order chi connectivity index (χ1) is 9.13. The summed E-state index contributed by atoms with van der Waals surface area (Å²) < 4.78 is 0.777. The van der Waals surface area contributed by atoms with E-state index in [1.807, 2.05) is 0 Å². The second-order valence-corrected chi connectivity index (χ2v) is 6.67. The summed E-state index contributed by atoms with van der Waals surface area (Å²) in [6.07, 6.45) is 3.27. The molecule has 0 fully saturated rings. The molecule has 1 aliphatic carbocycles. The maximum Gasteiger partial charge on any atom is 0.257 e. The van der Waals surface area contributed by atoms with Gasteiger partial charge in [-0.1, -0.05) is 11.6 Å². The molecule has 0 saturated heterocycles. The maximum absolute atomic E-state index is 12.1. The van der Waals surface area contributed by atoms with Crippen molar-refractivity contribution in [3.05, 3.63) is 43.8 Å². The smallest absolute Gasteiger partial charge is 0.257 e. The molecule has 3 rings (SSSR count). The zero-order chi connectivity index (χ0) is 13.4. The Morgan fingerprint density at radius 1 is 1.42 bits per heavy atom. The van der Waals surface area contributed by atoms with Gasteiger partial charge in [0.05, 0.1) is 10.7 Å². The molecule has 2 aromatic rings. The van der Waals surface area contributed by atoms with E-state index in [-0.39, 0.29) is 5.91 Å². The quantitative estimate of drug-likeness (QED) is 0.870. The number of fused-ring (bicyclic) bond motifs is 1. The Kier molecular flexibility index (Phi) is 3.60. The number of carbonyl (C=O) groups excluding carboxylic acids is 1.